The first-order valence-corrected chi connectivity index (χ1v) is 7.64. The maximum absolute atomic E-state index is 10.1. The van der Waals surface area contributed by atoms with Gasteiger partial charge in [-0.1, -0.05) is 64.7 Å². The fourth-order valence-corrected chi connectivity index (χ4v) is 2.01. The molecule has 0 aromatic rings. The van der Waals surface area contributed by atoms with Gasteiger partial charge in [-0.25, -0.2) is 8.42 Å². The second kappa shape index (κ2) is 16.9. The summed E-state index contributed by atoms with van der Waals surface area (Å²) in [6, 6.07) is 0. The van der Waals surface area contributed by atoms with Gasteiger partial charge in [-0.15, -0.1) is 0 Å². The predicted molar refractivity (Wildman–Crippen MR) is 75.3 cm³/mol. The van der Waals surface area contributed by atoms with Crippen molar-refractivity contribution in [2.45, 2.75) is 71.1 Å². The first-order valence-electron chi connectivity index (χ1n) is 6.54. The van der Waals surface area contributed by atoms with Crippen LogP contribution in [0.1, 0.15) is 71.1 Å². The minimum atomic E-state index is -2.64. The van der Waals surface area contributed by atoms with Gasteiger partial charge in [0.05, 0.1) is 6.61 Å². The van der Waals surface area contributed by atoms with Gasteiger partial charge in [-0.2, -0.15) is 0 Å². The molecule has 0 bridgehead atoms. The van der Waals surface area contributed by atoms with Gasteiger partial charge in [0, 0.05) is 0 Å². The van der Waals surface area contributed by atoms with Crippen LogP contribution in [0, 0.1) is 0 Å². The summed E-state index contributed by atoms with van der Waals surface area (Å²) in [6.07, 6.45) is 12.5. The Morgan fingerprint density at radius 3 is 1.59 bits per heavy atom. The molecule has 17 heavy (non-hydrogen) atoms. The third-order valence-corrected chi connectivity index (χ3v) is 3.09. The molecule has 0 aromatic carbocycles. The average molecular weight is 274 g/mol. The third kappa shape index (κ3) is 19.4. The zero-order valence-corrected chi connectivity index (χ0v) is 11.3. The Labute approximate surface area is 130 Å². The topological polar surface area (TPSA) is 43.4 Å². The van der Waals surface area contributed by atoms with Crippen LogP contribution in [0.2, 0.25) is 0 Å². The second-order valence-electron chi connectivity index (χ2n) is 4.24. The Kier molecular flexibility index (Phi) is 20.1. The summed E-state index contributed by atoms with van der Waals surface area (Å²) in [6.45, 7) is 2.59. The molecule has 0 rings (SSSR count). The molecule has 0 aliphatic rings. The van der Waals surface area contributed by atoms with E-state index in [2.05, 4.69) is 11.1 Å². The molecule has 0 atom stereocenters. The first-order chi connectivity index (χ1) is 7.77. The van der Waals surface area contributed by atoms with Crippen LogP contribution in [0.5, 0.6) is 0 Å². The molecule has 0 radical (unpaired) electrons. The summed E-state index contributed by atoms with van der Waals surface area (Å²) in [5, 5.41) is 0. The molecule has 0 unspecified atom stereocenters. The van der Waals surface area contributed by atoms with E-state index in [0.29, 0.717) is 6.61 Å². The van der Waals surface area contributed by atoms with E-state index in [1.54, 1.807) is 0 Å². The Hall–Kier alpha value is 0.910. The predicted octanol–water partition coefficient (Wildman–Crippen LogP) is 2.80. The Balaban J connectivity index is 0. The van der Waals surface area contributed by atoms with Crippen LogP contribution in [-0.2, 0) is 15.2 Å². The molecular weight excluding hydrogens is 247 g/mol. The van der Waals surface area contributed by atoms with Crippen LogP contribution in [0.25, 0.3) is 0 Å². The average Bonchev–Trinajstić information content (AvgIpc) is 2.25. The third-order valence-electron chi connectivity index (χ3n) is 2.69. The van der Waals surface area contributed by atoms with Crippen molar-refractivity contribution in [1.29, 1.82) is 0 Å². The van der Waals surface area contributed by atoms with Gasteiger partial charge >= 0.3 is 29.6 Å². The van der Waals surface area contributed by atoms with E-state index >= 15 is 0 Å². The zero-order chi connectivity index (χ0) is 12.1. The van der Waals surface area contributed by atoms with Gasteiger partial charge in [0.1, 0.15) is 0 Å². The number of thiol groups is 1. The molecule has 0 aliphatic carbocycles. The number of unbranched alkanes of at least 4 members (excludes halogenated alkanes) is 9. The Morgan fingerprint density at radius 1 is 0.765 bits per heavy atom. The van der Waals surface area contributed by atoms with E-state index in [1.807, 2.05) is 0 Å². The SMILES string of the molecule is CCCCCCCCCCCCO[SH](=O)=O.[NaH]. The quantitative estimate of drug-likeness (QED) is 0.338. The van der Waals surface area contributed by atoms with Gasteiger partial charge in [0.25, 0.3) is 11.0 Å². The Bertz CT molecular complexity index is 200. The molecule has 0 fully saturated rings. The number of rotatable bonds is 12. The summed E-state index contributed by atoms with van der Waals surface area (Å²) < 4.78 is 24.6. The van der Waals surface area contributed by atoms with Crippen molar-refractivity contribution < 1.29 is 12.6 Å². The van der Waals surface area contributed by atoms with Gasteiger partial charge in [0.2, 0.25) is 0 Å². The zero-order valence-electron chi connectivity index (χ0n) is 10.5. The van der Waals surface area contributed by atoms with Crippen molar-refractivity contribution in [3.8, 4) is 0 Å². The van der Waals surface area contributed by atoms with Gasteiger partial charge < -0.3 is 0 Å². The molecule has 0 N–H and O–H groups in total. The molecule has 5 heteroatoms. The van der Waals surface area contributed by atoms with Crippen molar-refractivity contribution in [1.82, 2.24) is 0 Å². The Morgan fingerprint density at radius 2 is 1.18 bits per heavy atom. The van der Waals surface area contributed by atoms with Gasteiger partial charge in [-0.3, -0.25) is 4.18 Å². The van der Waals surface area contributed by atoms with Crippen molar-refractivity contribution in [2.75, 3.05) is 6.61 Å². The molecular formula is C12H27NaO3S. The molecule has 100 valence electrons. The summed E-state index contributed by atoms with van der Waals surface area (Å²) in [5.41, 5.74) is 0. The molecule has 0 heterocycles. The standard InChI is InChI=1S/C12H26O3S.Na.H/c1-2-3-4-5-6-7-8-9-10-11-12-15-16(13)14;;/h16H,2-12H2,1H3;;. The van der Waals surface area contributed by atoms with E-state index in [0.717, 1.165) is 12.8 Å². The second-order valence-corrected chi connectivity index (χ2v) is 4.94. The van der Waals surface area contributed by atoms with Crippen molar-refractivity contribution >= 4 is 40.5 Å². The maximum atomic E-state index is 10.1. The molecule has 0 saturated heterocycles. The van der Waals surface area contributed by atoms with Gasteiger partial charge in [-0.05, 0) is 6.42 Å². The van der Waals surface area contributed by atoms with Crippen molar-refractivity contribution in [3.63, 3.8) is 0 Å². The van der Waals surface area contributed by atoms with E-state index in [4.69, 9.17) is 0 Å². The van der Waals surface area contributed by atoms with Crippen LogP contribution in [0.4, 0.5) is 0 Å². The minimum absolute atomic E-state index is 0. The molecule has 0 aromatic heterocycles. The molecule has 0 amide bonds. The van der Waals surface area contributed by atoms with E-state index in [1.165, 1.54) is 51.4 Å². The normalized spacial score (nSPS) is 10.5. The van der Waals surface area contributed by atoms with Crippen LogP contribution >= 0.6 is 0 Å². The van der Waals surface area contributed by atoms with Crippen molar-refractivity contribution in [2.24, 2.45) is 0 Å². The van der Waals surface area contributed by atoms with Crippen LogP contribution in [0.15, 0.2) is 0 Å². The summed E-state index contributed by atoms with van der Waals surface area (Å²) in [5.74, 6) is 0. The summed E-state index contributed by atoms with van der Waals surface area (Å²) in [4.78, 5) is 0. The monoisotopic (exact) mass is 274 g/mol. The summed E-state index contributed by atoms with van der Waals surface area (Å²) >= 11 is 0. The fraction of sp³-hybridized carbons (Fsp3) is 1.00. The van der Waals surface area contributed by atoms with Gasteiger partial charge in [0.15, 0.2) is 0 Å². The van der Waals surface area contributed by atoms with E-state index in [9.17, 15) is 8.42 Å². The fourth-order valence-electron chi connectivity index (χ4n) is 1.73. The number of hydrogen-bond acceptors (Lipinski definition) is 3. The first kappa shape index (κ1) is 20.2. The van der Waals surface area contributed by atoms with E-state index < -0.39 is 11.0 Å². The summed E-state index contributed by atoms with van der Waals surface area (Å²) in [7, 11) is -2.64. The van der Waals surface area contributed by atoms with Crippen molar-refractivity contribution in [3.05, 3.63) is 0 Å². The molecule has 0 spiro atoms. The molecule has 3 nitrogen and oxygen atoms in total. The van der Waals surface area contributed by atoms with E-state index in [-0.39, 0.29) is 29.6 Å². The van der Waals surface area contributed by atoms with Crippen LogP contribution < -0.4 is 0 Å². The molecule has 0 aliphatic heterocycles. The van der Waals surface area contributed by atoms with Crippen LogP contribution in [-0.4, -0.2) is 44.6 Å². The molecule has 0 saturated carbocycles. The van der Waals surface area contributed by atoms with Crippen LogP contribution in [0.3, 0.4) is 0 Å². The number of hydrogen-bond donors (Lipinski definition) is 1.